The summed E-state index contributed by atoms with van der Waals surface area (Å²) in [5.74, 6) is 0. The monoisotopic (exact) mass is 366 g/mol. The summed E-state index contributed by atoms with van der Waals surface area (Å²) in [6, 6.07) is 7.97. The number of carbonyl (C=O) groups excluding carboxylic acids is 1. The van der Waals surface area contributed by atoms with Gasteiger partial charge < -0.3 is 20.1 Å². The molecule has 1 unspecified atom stereocenters. The Balaban J connectivity index is 1.68. The third kappa shape index (κ3) is 4.46. The van der Waals surface area contributed by atoms with Crippen LogP contribution < -0.4 is 5.32 Å². The van der Waals surface area contributed by atoms with E-state index in [2.05, 4.69) is 11.4 Å². The Morgan fingerprint density at radius 1 is 1.36 bits per heavy atom. The zero-order chi connectivity index (χ0) is 17.7. The first-order chi connectivity index (χ1) is 12.1. The van der Waals surface area contributed by atoms with E-state index in [-0.39, 0.29) is 24.2 Å². The third-order valence-electron chi connectivity index (χ3n) is 5.46. The Labute approximate surface area is 154 Å². The average Bonchev–Trinajstić information content (AvgIpc) is 2.67. The van der Waals surface area contributed by atoms with Crippen LogP contribution in [0, 0.1) is 0 Å². The lowest BCUT2D eigenvalue weighted by molar-refractivity contribution is -0.0404. The molecule has 0 radical (unpaired) electrons. The van der Waals surface area contributed by atoms with Gasteiger partial charge in [0.1, 0.15) is 0 Å². The van der Waals surface area contributed by atoms with Crippen molar-refractivity contribution in [3.05, 3.63) is 34.9 Å². The van der Waals surface area contributed by atoms with Gasteiger partial charge in [-0.1, -0.05) is 43.0 Å². The molecule has 1 aromatic rings. The van der Waals surface area contributed by atoms with Crippen LogP contribution in [0.1, 0.15) is 37.7 Å². The number of halogens is 1. The predicted molar refractivity (Wildman–Crippen MR) is 98.0 cm³/mol. The zero-order valence-electron chi connectivity index (χ0n) is 14.5. The Bertz CT molecular complexity index is 590. The molecule has 6 heteroatoms. The molecule has 1 saturated heterocycles. The molecule has 2 N–H and O–H groups in total. The van der Waals surface area contributed by atoms with Crippen LogP contribution in [0.5, 0.6) is 0 Å². The molecule has 3 rings (SSSR count). The lowest BCUT2D eigenvalue weighted by Gasteiger charge is -2.39. The highest BCUT2D eigenvalue weighted by atomic mass is 35.5. The fraction of sp³-hybridized carbons (Fsp3) is 0.632. The van der Waals surface area contributed by atoms with E-state index >= 15 is 0 Å². The topological polar surface area (TPSA) is 61.8 Å². The second-order valence-corrected chi connectivity index (χ2v) is 7.57. The number of nitrogens with one attached hydrogen (secondary N) is 1. The number of hydrogen-bond donors (Lipinski definition) is 2. The van der Waals surface area contributed by atoms with Gasteiger partial charge in [0.05, 0.1) is 25.9 Å². The Hall–Kier alpha value is -1.30. The summed E-state index contributed by atoms with van der Waals surface area (Å²) in [6.07, 6.45) is 5.44. The molecule has 2 amide bonds. The van der Waals surface area contributed by atoms with Crippen LogP contribution in [0.3, 0.4) is 0 Å². The van der Waals surface area contributed by atoms with Gasteiger partial charge in [0.25, 0.3) is 0 Å². The molecular formula is C19H27ClN2O3. The second kappa shape index (κ2) is 8.39. The molecule has 1 saturated carbocycles. The van der Waals surface area contributed by atoms with Crippen molar-refractivity contribution in [1.29, 1.82) is 0 Å². The summed E-state index contributed by atoms with van der Waals surface area (Å²) >= 11 is 6.21. The maximum Gasteiger partial charge on any atom is 0.317 e. The van der Waals surface area contributed by atoms with Crippen molar-refractivity contribution in [2.75, 3.05) is 32.8 Å². The molecule has 138 valence electrons. The van der Waals surface area contributed by atoms with Crippen LogP contribution in [-0.2, 0) is 10.2 Å². The molecule has 1 aliphatic carbocycles. The number of carbonyl (C=O) groups is 1. The van der Waals surface area contributed by atoms with E-state index in [9.17, 15) is 9.90 Å². The number of hydrogen-bond acceptors (Lipinski definition) is 3. The minimum Gasteiger partial charge on any atom is -0.394 e. The van der Waals surface area contributed by atoms with E-state index in [0.29, 0.717) is 26.2 Å². The first-order valence-electron chi connectivity index (χ1n) is 9.14. The quantitative estimate of drug-likeness (QED) is 0.861. The lowest BCUT2D eigenvalue weighted by Crippen LogP contribution is -2.53. The van der Waals surface area contributed by atoms with Crippen molar-refractivity contribution in [3.8, 4) is 0 Å². The van der Waals surface area contributed by atoms with Crippen molar-refractivity contribution < 1.29 is 14.6 Å². The van der Waals surface area contributed by atoms with Gasteiger partial charge in [-0.05, 0) is 30.5 Å². The van der Waals surface area contributed by atoms with Gasteiger partial charge >= 0.3 is 6.03 Å². The molecule has 1 aliphatic heterocycles. The Kier molecular flexibility index (Phi) is 6.20. The number of aliphatic hydroxyl groups excluding tert-OH is 1. The SMILES string of the molecule is O=C(NCC1(c2cccc(Cl)c2)CCCCC1)N1CCOC(CO)C1. The molecule has 5 nitrogen and oxygen atoms in total. The number of amides is 2. The number of morpholine rings is 1. The fourth-order valence-electron chi connectivity index (χ4n) is 3.99. The Morgan fingerprint density at radius 2 is 2.16 bits per heavy atom. The van der Waals surface area contributed by atoms with Crippen molar-refractivity contribution in [3.63, 3.8) is 0 Å². The number of rotatable bonds is 4. The molecule has 1 aromatic carbocycles. The zero-order valence-corrected chi connectivity index (χ0v) is 15.3. The van der Waals surface area contributed by atoms with Crippen LogP contribution in [0.25, 0.3) is 0 Å². The van der Waals surface area contributed by atoms with Crippen LogP contribution in [0.4, 0.5) is 4.79 Å². The van der Waals surface area contributed by atoms with Crippen molar-refractivity contribution in [2.45, 2.75) is 43.6 Å². The summed E-state index contributed by atoms with van der Waals surface area (Å²) in [6.45, 7) is 2.03. The summed E-state index contributed by atoms with van der Waals surface area (Å²) in [7, 11) is 0. The van der Waals surface area contributed by atoms with Crippen LogP contribution in [-0.4, -0.2) is 55.0 Å². The minimum atomic E-state index is -0.281. The van der Waals surface area contributed by atoms with Gasteiger partial charge in [-0.3, -0.25) is 0 Å². The van der Waals surface area contributed by atoms with E-state index in [1.165, 1.54) is 24.8 Å². The normalized spacial score (nSPS) is 23.3. The van der Waals surface area contributed by atoms with Crippen LogP contribution in [0.2, 0.25) is 5.02 Å². The molecule has 2 aliphatic rings. The smallest absolute Gasteiger partial charge is 0.317 e. The number of ether oxygens (including phenoxy) is 1. The average molecular weight is 367 g/mol. The van der Waals surface area contributed by atoms with Gasteiger partial charge in [0.2, 0.25) is 0 Å². The minimum absolute atomic E-state index is 0.0402. The summed E-state index contributed by atoms with van der Waals surface area (Å²) in [5.41, 5.74) is 1.18. The number of nitrogens with zero attached hydrogens (tertiary/aromatic N) is 1. The number of benzene rings is 1. The molecule has 0 aromatic heterocycles. The van der Waals surface area contributed by atoms with Crippen molar-refractivity contribution >= 4 is 17.6 Å². The Morgan fingerprint density at radius 3 is 2.88 bits per heavy atom. The van der Waals surface area contributed by atoms with E-state index in [1.807, 2.05) is 18.2 Å². The molecule has 2 fully saturated rings. The standard InChI is InChI=1S/C19H27ClN2O3/c20-16-6-4-5-15(11-16)19(7-2-1-3-8-19)14-21-18(24)22-9-10-25-17(12-22)13-23/h4-6,11,17,23H,1-3,7-10,12-14H2,(H,21,24). The van der Waals surface area contributed by atoms with E-state index in [0.717, 1.165) is 17.9 Å². The highest BCUT2D eigenvalue weighted by molar-refractivity contribution is 6.30. The summed E-state index contributed by atoms with van der Waals surface area (Å²) in [5, 5.41) is 13.1. The molecule has 0 spiro atoms. The molecule has 1 atom stereocenters. The van der Waals surface area contributed by atoms with Gasteiger partial charge in [-0.2, -0.15) is 0 Å². The largest absolute Gasteiger partial charge is 0.394 e. The highest BCUT2D eigenvalue weighted by Crippen LogP contribution is 2.39. The number of aliphatic hydroxyl groups is 1. The van der Waals surface area contributed by atoms with Gasteiger partial charge in [-0.25, -0.2) is 4.79 Å². The van der Waals surface area contributed by atoms with Gasteiger partial charge in [0, 0.05) is 23.5 Å². The van der Waals surface area contributed by atoms with E-state index < -0.39 is 0 Å². The second-order valence-electron chi connectivity index (χ2n) is 7.13. The first-order valence-corrected chi connectivity index (χ1v) is 9.52. The number of urea groups is 1. The van der Waals surface area contributed by atoms with Crippen molar-refractivity contribution in [1.82, 2.24) is 10.2 Å². The third-order valence-corrected chi connectivity index (χ3v) is 5.69. The molecule has 1 heterocycles. The maximum atomic E-state index is 12.6. The van der Waals surface area contributed by atoms with Gasteiger partial charge in [0.15, 0.2) is 0 Å². The lowest BCUT2D eigenvalue weighted by atomic mass is 9.69. The molecule has 25 heavy (non-hydrogen) atoms. The molecular weight excluding hydrogens is 340 g/mol. The van der Waals surface area contributed by atoms with E-state index in [1.54, 1.807) is 4.90 Å². The summed E-state index contributed by atoms with van der Waals surface area (Å²) < 4.78 is 5.42. The predicted octanol–water partition coefficient (Wildman–Crippen LogP) is 2.94. The van der Waals surface area contributed by atoms with Gasteiger partial charge in [-0.15, -0.1) is 0 Å². The fourth-order valence-corrected chi connectivity index (χ4v) is 4.18. The van der Waals surface area contributed by atoms with Crippen LogP contribution >= 0.6 is 11.6 Å². The first kappa shape index (κ1) is 18.5. The van der Waals surface area contributed by atoms with Crippen LogP contribution in [0.15, 0.2) is 24.3 Å². The summed E-state index contributed by atoms with van der Waals surface area (Å²) in [4.78, 5) is 14.3. The van der Waals surface area contributed by atoms with Crippen molar-refractivity contribution in [2.24, 2.45) is 0 Å². The van der Waals surface area contributed by atoms with E-state index in [4.69, 9.17) is 16.3 Å². The molecule has 0 bridgehead atoms. The maximum absolute atomic E-state index is 12.6. The highest BCUT2D eigenvalue weighted by Gasteiger charge is 2.35.